The van der Waals surface area contributed by atoms with E-state index in [1.165, 1.54) is 4.90 Å². The molecular formula is C14H14N2O4. The molecule has 0 saturated carbocycles. The van der Waals surface area contributed by atoms with Gasteiger partial charge in [0.25, 0.3) is 0 Å². The maximum Gasteiger partial charge on any atom is 0.312 e. The monoisotopic (exact) mass is 274 g/mol. The van der Waals surface area contributed by atoms with Gasteiger partial charge in [-0.1, -0.05) is 18.2 Å². The van der Waals surface area contributed by atoms with Gasteiger partial charge < -0.3 is 15.3 Å². The summed E-state index contributed by atoms with van der Waals surface area (Å²) < 4.78 is 0. The molecule has 2 amide bonds. The molecule has 2 atom stereocenters. The van der Waals surface area contributed by atoms with Crippen LogP contribution in [0.2, 0.25) is 0 Å². The maximum absolute atomic E-state index is 12.5. The molecule has 2 heterocycles. The lowest BCUT2D eigenvalue weighted by molar-refractivity contribution is -0.138. The number of nitrogens with zero attached hydrogens (tertiary/aromatic N) is 1. The number of amides is 2. The van der Waals surface area contributed by atoms with Crippen LogP contribution in [0.15, 0.2) is 24.3 Å². The smallest absolute Gasteiger partial charge is 0.312 e. The number of aliphatic carboxylic acids is 1. The predicted octanol–water partition coefficient (Wildman–Crippen LogP) is 0.337. The van der Waals surface area contributed by atoms with E-state index in [4.69, 9.17) is 0 Å². The van der Waals surface area contributed by atoms with E-state index in [2.05, 4.69) is 5.32 Å². The molecule has 2 N–H and O–H groups in total. The number of carbonyl (C=O) groups is 3. The Bertz CT molecular complexity index is 599. The third-order valence-electron chi connectivity index (χ3n) is 3.86. The minimum absolute atomic E-state index is 0.134. The fraction of sp³-hybridized carbons (Fsp3) is 0.357. The van der Waals surface area contributed by atoms with Crippen molar-refractivity contribution in [2.24, 2.45) is 5.92 Å². The van der Waals surface area contributed by atoms with Gasteiger partial charge in [0.15, 0.2) is 0 Å². The van der Waals surface area contributed by atoms with Crippen LogP contribution in [0, 0.1) is 5.92 Å². The Morgan fingerprint density at radius 1 is 1.30 bits per heavy atom. The summed E-state index contributed by atoms with van der Waals surface area (Å²) in [6.07, 6.45) is 0.176. The first-order valence-corrected chi connectivity index (χ1v) is 6.47. The summed E-state index contributed by atoms with van der Waals surface area (Å²) in [7, 11) is 0. The van der Waals surface area contributed by atoms with Gasteiger partial charge in [-0.05, 0) is 11.6 Å². The molecule has 3 rings (SSSR count). The van der Waals surface area contributed by atoms with Crippen LogP contribution in [0.5, 0.6) is 0 Å². The van der Waals surface area contributed by atoms with E-state index in [-0.39, 0.29) is 24.8 Å². The van der Waals surface area contributed by atoms with Crippen LogP contribution in [0.3, 0.4) is 0 Å². The van der Waals surface area contributed by atoms with E-state index >= 15 is 0 Å². The number of nitrogens with one attached hydrogen (secondary N) is 1. The molecule has 2 unspecified atom stereocenters. The van der Waals surface area contributed by atoms with E-state index in [9.17, 15) is 19.5 Å². The highest BCUT2D eigenvalue weighted by Crippen LogP contribution is 2.37. The van der Waals surface area contributed by atoms with E-state index in [0.29, 0.717) is 17.8 Å². The van der Waals surface area contributed by atoms with Gasteiger partial charge in [0.05, 0.1) is 5.92 Å². The second-order valence-electron chi connectivity index (χ2n) is 5.10. The summed E-state index contributed by atoms with van der Waals surface area (Å²) in [5.41, 5.74) is 1.30. The Kier molecular flexibility index (Phi) is 2.93. The highest BCUT2D eigenvalue weighted by Gasteiger charge is 2.40. The summed E-state index contributed by atoms with van der Waals surface area (Å²) in [5, 5.41) is 11.9. The summed E-state index contributed by atoms with van der Waals surface area (Å²) in [6.45, 7) is 0.465. The van der Waals surface area contributed by atoms with Gasteiger partial charge in [0.2, 0.25) is 11.8 Å². The zero-order valence-electron chi connectivity index (χ0n) is 10.7. The fourth-order valence-corrected chi connectivity index (χ4v) is 2.83. The largest absolute Gasteiger partial charge is 0.481 e. The van der Waals surface area contributed by atoms with Crippen LogP contribution < -0.4 is 10.2 Å². The Morgan fingerprint density at radius 3 is 2.70 bits per heavy atom. The minimum atomic E-state index is -0.937. The molecule has 1 aromatic rings. The number of carboxylic acid groups (broad SMARTS) is 1. The van der Waals surface area contributed by atoms with Crippen molar-refractivity contribution in [2.45, 2.75) is 12.3 Å². The van der Waals surface area contributed by atoms with Crippen molar-refractivity contribution in [2.75, 3.05) is 18.0 Å². The van der Waals surface area contributed by atoms with Crippen LogP contribution >= 0.6 is 0 Å². The zero-order chi connectivity index (χ0) is 14.3. The molecule has 20 heavy (non-hydrogen) atoms. The second kappa shape index (κ2) is 4.63. The second-order valence-corrected chi connectivity index (χ2v) is 5.10. The number of hydrogen-bond donors (Lipinski definition) is 2. The number of rotatable bonds is 2. The SMILES string of the molecule is O=C1CC(C(=O)N2CC(C(=O)O)c3ccccc32)CN1. The van der Waals surface area contributed by atoms with Crippen molar-refractivity contribution in [1.29, 1.82) is 0 Å². The molecule has 0 radical (unpaired) electrons. The summed E-state index contributed by atoms with van der Waals surface area (Å²) in [6, 6.07) is 7.03. The number of fused-ring (bicyclic) bond motifs is 1. The molecule has 1 aromatic carbocycles. The third kappa shape index (κ3) is 1.93. The van der Waals surface area contributed by atoms with Gasteiger partial charge in [0.1, 0.15) is 5.92 Å². The lowest BCUT2D eigenvalue weighted by atomic mass is 10.0. The number of benzene rings is 1. The van der Waals surface area contributed by atoms with Crippen molar-refractivity contribution in [3.05, 3.63) is 29.8 Å². The zero-order valence-corrected chi connectivity index (χ0v) is 10.7. The van der Waals surface area contributed by atoms with Gasteiger partial charge in [-0.25, -0.2) is 0 Å². The number of carboxylic acids is 1. The Balaban J connectivity index is 1.90. The molecule has 0 aromatic heterocycles. The topological polar surface area (TPSA) is 86.7 Å². The lowest BCUT2D eigenvalue weighted by Crippen LogP contribution is -2.37. The minimum Gasteiger partial charge on any atom is -0.481 e. The molecule has 0 spiro atoms. The molecule has 2 aliphatic rings. The molecular weight excluding hydrogens is 260 g/mol. The first-order chi connectivity index (χ1) is 9.58. The number of para-hydroxylation sites is 1. The molecule has 1 fully saturated rings. The van der Waals surface area contributed by atoms with Crippen LogP contribution in [-0.4, -0.2) is 36.0 Å². The fourth-order valence-electron chi connectivity index (χ4n) is 2.83. The van der Waals surface area contributed by atoms with Gasteiger partial charge in [-0.2, -0.15) is 0 Å². The van der Waals surface area contributed by atoms with Crippen molar-refractivity contribution < 1.29 is 19.5 Å². The highest BCUT2D eigenvalue weighted by molar-refractivity contribution is 6.02. The molecule has 6 heteroatoms. The normalized spacial score (nSPS) is 24.4. The van der Waals surface area contributed by atoms with Crippen LogP contribution in [0.25, 0.3) is 0 Å². The Morgan fingerprint density at radius 2 is 2.05 bits per heavy atom. The lowest BCUT2D eigenvalue weighted by Gasteiger charge is -2.20. The molecule has 104 valence electrons. The van der Waals surface area contributed by atoms with Crippen molar-refractivity contribution >= 4 is 23.5 Å². The number of carbonyl (C=O) groups excluding carboxylic acids is 2. The molecule has 0 bridgehead atoms. The van der Waals surface area contributed by atoms with E-state index in [1.54, 1.807) is 24.3 Å². The molecule has 1 saturated heterocycles. The van der Waals surface area contributed by atoms with Crippen LogP contribution in [-0.2, 0) is 14.4 Å². The Hall–Kier alpha value is -2.37. The Labute approximate surface area is 115 Å². The van der Waals surface area contributed by atoms with Crippen molar-refractivity contribution in [3.63, 3.8) is 0 Å². The molecule has 6 nitrogen and oxygen atoms in total. The summed E-state index contributed by atoms with van der Waals surface area (Å²) in [4.78, 5) is 36.5. The maximum atomic E-state index is 12.5. The first-order valence-electron chi connectivity index (χ1n) is 6.47. The van der Waals surface area contributed by atoms with Crippen molar-refractivity contribution in [3.8, 4) is 0 Å². The van der Waals surface area contributed by atoms with Gasteiger partial charge >= 0.3 is 5.97 Å². The quantitative estimate of drug-likeness (QED) is 0.814. The van der Waals surface area contributed by atoms with Gasteiger partial charge in [0, 0.05) is 25.2 Å². The molecule has 2 aliphatic heterocycles. The highest BCUT2D eigenvalue weighted by atomic mass is 16.4. The molecule has 0 aliphatic carbocycles. The van der Waals surface area contributed by atoms with Crippen LogP contribution in [0.4, 0.5) is 5.69 Å². The van der Waals surface area contributed by atoms with E-state index < -0.39 is 17.8 Å². The van der Waals surface area contributed by atoms with Gasteiger partial charge in [-0.3, -0.25) is 14.4 Å². The van der Waals surface area contributed by atoms with Crippen molar-refractivity contribution in [1.82, 2.24) is 5.32 Å². The van der Waals surface area contributed by atoms with E-state index in [0.717, 1.165) is 0 Å². The van der Waals surface area contributed by atoms with Gasteiger partial charge in [-0.15, -0.1) is 0 Å². The summed E-state index contributed by atoms with van der Waals surface area (Å²) in [5.74, 6) is -2.35. The third-order valence-corrected chi connectivity index (χ3v) is 3.86. The van der Waals surface area contributed by atoms with Crippen LogP contribution in [0.1, 0.15) is 17.9 Å². The first kappa shape index (κ1) is 12.7. The summed E-state index contributed by atoms with van der Waals surface area (Å²) >= 11 is 0. The van der Waals surface area contributed by atoms with E-state index in [1.807, 2.05) is 0 Å². The average molecular weight is 274 g/mol. The predicted molar refractivity (Wildman–Crippen MR) is 70.3 cm³/mol. The standard InChI is InChI=1S/C14H14N2O4/c17-12-5-8(6-15-12)13(18)16-7-10(14(19)20)9-3-1-2-4-11(9)16/h1-4,8,10H,5-7H2,(H,15,17)(H,19,20). The average Bonchev–Trinajstić information content (AvgIpc) is 3.02. The number of hydrogen-bond acceptors (Lipinski definition) is 3. The number of anilines is 1.